The van der Waals surface area contributed by atoms with Crippen molar-refractivity contribution in [1.29, 1.82) is 0 Å². The third-order valence-corrected chi connectivity index (χ3v) is 2.77. The van der Waals surface area contributed by atoms with Gasteiger partial charge in [0.15, 0.2) is 0 Å². The van der Waals surface area contributed by atoms with Crippen LogP contribution < -0.4 is 0 Å². The van der Waals surface area contributed by atoms with Gasteiger partial charge in [-0.1, -0.05) is 60.7 Å². The molecule has 0 aliphatic carbocycles. The van der Waals surface area contributed by atoms with Crippen molar-refractivity contribution in [2.75, 3.05) is 13.2 Å². The van der Waals surface area contributed by atoms with E-state index in [1.807, 2.05) is 60.7 Å². The zero-order valence-electron chi connectivity index (χ0n) is 10.6. The molecule has 0 aliphatic heterocycles. The minimum absolute atomic E-state index is 0.190. The molecular weight excluding hydrogens is 238 g/mol. The van der Waals surface area contributed by atoms with Crippen LogP contribution in [0.15, 0.2) is 65.7 Å². The molecule has 0 fully saturated rings. The van der Waals surface area contributed by atoms with E-state index in [1.165, 1.54) is 0 Å². The molecule has 0 aliphatic rings. The van der Waals surface area contributed by atoms with Gasteiger partial charge in [0.2, 0.25) is 0 Å². The van der Waals surface area contributed by atoms with Gasteiger partial charge in [-0.05, 0) is 0 Å². The van der Waals surface area contributed by atoms with Crippen LogP contribution in [-0.2, 0) is 0 Å². The monoisotopic (exact) mass is 255 g/mol. The molecule has 0 spiro atoms. The number of benzene rings is 2. The fourth-order valence-corrected chi connectivity index (χ4v) is 1.80. The summed E-state index contributed by atoms with van der Waals surface area (Å²) in [5, 5.41) is 18.3. The molecule has 3 heteroatoms. The molecule has 3 nitrogen and oxygen atoms in total. The summed E-state index contributed by atoms with van der Waals surface area (Å²) in [6, 6.07) is 19.7. The molecule has 98 valence electrons. The predicted octanol–water partition coefficient (Wildman–Crippen LogP) is 1.88. The zero-order chi connectivity index (χ0) is 13.5. The van der Waals surface area contributed by atoms with Crippen molar-refractivity contribution in [3.8, 4) is 0 Å². The van der Waals surface area contributed by atoms with E-state index >= 15 is 0 Å². The Bertz CT molecular complexity index is 481. The number of aliphatic hydroxyl groups excluding tert-OH is 2. The van der Waals surface area contributed by atoms with Crippen molar-refractivity contribution in [1.82, 2.24) is 0 Å². The maximum Gasteiger partial charge on any atom is 0.0965 e. The van der Waals surface area contributed by atoms with E-state index in [2.05, 4.69) is 4.99 Å². The fraction of sp³-hybridized carbons (Fsp3) is 0.188. The molecule has 2 rings (SSSR count). The summed E-state index contributed by atoms with van der Waals surface area (Å²) in [6.45, 7) is -0.0873. The van der Waals surface area contributed by atoms with Gasteiger partial charge in [0.1, 0.15) is 0 Å². The highest BCUT2D eigenvalue weighted by molar-refractivity contribution is 6.12. The number of nitrogens with zero attached hydrogens (tertiary/aromatic N) is 1. The van der Waals surface area contributed by atoms with Gasteiger partial charge < -0.3 is 10.2 Å². The number of aliphatic imine (C=N–C) groups is 1. The lowest BCUT2D eigenvalue weighted by molar-refractivity contribution is 0.102. The maximum absolute atomic E-state index is 9.44. The van der Waals surface area contributed by atoms with Gasteiger partial charge in [-0.15, -0.1) is 0 Å². The second kappa shape index (κ2) is 6.83. The topological polar surface area (TPSA) is 52.8 Å². The first-order valence-electron chi connectivity index (χ1n) is 6.25. The summed E-state index contributed by atoms with van der Waals surface area (Å²) in [6.07, 6.45) is -0.817. The predicted molar refractivity (Wildman–Crippen MR) is 76.5 cm³/mol. The van der Waals surface area contributed by atoms with E-state index in [0.717, 1.165) is 16.8 Å². The van der Waals surface area contributed by atoms with Crippen molar-refractivity contribution >= 4 is 5.71 Å². The Labute approximate surface area is 112 Å². The minimum Gasteiger partial charge on any atom is -0.394 e. The smallest absolute Gasteiger partial charge is 0.0965 e. The highest BCUT2D eigenvalue weighted by atomic mass is 16.3. The maximum atomic E-state index is 9.44. The van der Waals surface area contributed by atoms with E-state index in [-0.39, 0.29) is 13.2 Å². The molecule has 1 atom stereocenters. The average molecular weight is 255 g/mol. The number of hydrogen-bond donors (Lipinski definition) is 2. The minimum atomic E-state index is -0.817. The van der Waals surface area contributed by atoms with Crippen molar-refractivity contribution in [2.45, 2.75) is 6.10 Å². The Hall–Kier alpha value is -1.97. The molecule has 0 bridgehead atoms. The van der Waals surface area contributed by atoms with Crippen LogP contribution in [0.25, 0.3) is 0 Å². The van der Waals surface area contributed by atoms with Crippen molar-refractivity contribution in [3.05, 3.63) is 71.8 Å². The Kier molecular flexibility index (Phi) is 4.84. The Morgan fingerprint density at radius 1 is 0.895 bits per heavy atom. The molecule has 0 radical (unpaired) electrons. The lowest BCUT2D eigenvalue weighted by atomic mass is 10.0. The molecule has 2 aromatic rings. The number of hydrogen-bond acceptors (Lipinski definition) is 3. The molecule has 0 saturated carbocycles. The first kappa shape index (κ1) is 13.5. The molecule has 2 N–H and O–H groups in total. The molecule has 0 saturated heterocycles. The van der Waals surface area contributed by atoms with Crippen molar-refractivity contribution in [2.24, 2.45) is 4.99 Å². The molecule has 19 heavy (non-hydrogen) atoms. The highest BCUT2D eigenvalue weighted by Crippen LogP contribution is 2.11. The third-order valence-electron chi connectivity index (χ3n) is 2.77. The number of aliphatic hydroxyl groups is 2. The SMILES string of the molecule is OCC(O)CN=C(c1ccccc1)c1ccccc1. The van der Waals surface area contributed by atoms with E-state index in [9.17, 15) is 5.11 Å². The van der Waals surface area contributed by atoms with Gasteiger partial charge in [0.05, 0.1) is 25.0 Å². The molecule has 0 heterocycles. The second-order valence-corrected chi connectivity index (χ2v) is 4.26. The summed E-state index contributed by atoms with van der Waals surface area (Å²) < 4.78 is 0. The summed E-state index contributed by atoms with van der Waals surface area (Å²) in [5.74, 6) is 0. The molecule has 0 amide bonds. The van der Waals surface area contributed by atoms with Crippen molar-refractivity contribution < 1.29 is 10.2 Å². The Morgan fingerprint density at radius 2 is 1.37 bits per heavy atom. The van der Waals surface area contributed by atoms with E-state index in [4.69, 9.17) is 5.11 Å². The van der Waals surface area contributed by atoms with E-state index in [0.29, 0.717) is 0 Å². The van der Waals surface area contributed by atoms with Crippen LogP contribution in [0.1, 0.15) is 11.1 Å². The summed E-state index contributed by atoms with van der Waals surface area (Å²) in [7, 11) is 0. The van der Waals surface area contributed by atoms with Crippen LogP contribution in [-0.4, -0.2) is 35.2 Å². The summed E-state index contributed by atoms with van der Waals surface area (Å²) in [4.78, 5) is 4.44. The summed E-state index contributed by atoms with van der Waals surface area (Å²) >= 11 is 0. The van der Waals surface area contributed by atoms with E-state index < -0.39 is 6.10 Å². The number of rotatable bonds is 5. The van der Waals surface area contributed by atoms with Crippen LogP contribution in [0, 0.1) is 0 Å². The lowest BCUT2D eigenvalue weighted by Crippen LogP contribution is -2.17. The van der Waals surface area contributed by atoms with Gasteiger partial charge >= 0.3 is 0 Å². The van der Waals surface area contributed by atoms with Gasteiger partial charge in [-0.2, -0.15) is 0 Å². The molecule has 0 aromatic heterocycles. The van der Waals surface area contributed by atoms with E-state index in [1.54, 1.807) is 0 Å². The van der Waals surface area contributed by atoms with Crippen molar-refractivity contribution in [3.63, 3.8) is 0 Å². The van der Waals surface area contributed by atoms with Crippen LogP contribution in [0.2, 0.25) is 0 Å². The van der Waals surface area contributed by atoms with Gasteiger partial charge in [0.25, 0.3) is 0 Å². The quantitative estimate of drug-likeness (QED) is 0.801. The first-order chi connectivity index (χ1) is 9.31. The largest absolute Gasteiger partial charge is 0.394 e. The third kappa shape index (κ3) is 3.74. The van der Waals surface area contributed by atoms with Crippen LogP contribution in [0.3, 0.4) is 0 Å². The second-order valence-electron chi connectivity index (χ2n) is 4.26. The Morgan fingerprint density at radius 3 is 1.79 bits per heavy atom. The lowest BCUT2D eigenvalue weighted by Gasteiger charge is -2.09. The standard InChI is InChI=1S/C16H17NO2/c18-12-15(19)11-17-16(13-7-3-1-4-8-13)14-9-5-2-6-10-14/h1-10,15,18-19H,11-12H2. The molecule has 2 aromatic carbocycles. The highest BCUT2D eigenvalue weighted by Gasteiger charge is 2.07. The average Bonchev–Trinajstić information content (AvgIpc) is 2.49. The fourth-order valence-electron chi connectivity index (χ4n) is 1.80. The normalized spacial score (nSPS) is 11.9. The Balaban J connectivity index is 2.34. The van der Waals surface area contributed by atoms with Crippen LogP contribution in [0.4, 0.5) is 0 Å². The van der Waals surface area contributed by atoms with Gasteiger partial charge in [-0.25, -0.2) is 0 Å². The summed E-state index contributed by atoms with van der Waals surface area (Å²) in [5.41, 5.74) is 2.83. The van der Waals surface area contributed by atoms with Crippen LogP contribution in [0.5, 0.6) is 0 Å². The zero-order valence-corrected chi connectivity index (χ0v) is 10.6. The van der Waals surface area contributed by atoms with Gasteiger partial charge in [-0.3, -0.25) is 4.99 Å². The molecular formula is C16H17NO2. The first-order valence-corrected chi connectivity index (χ1v) is 6.25. The molecule has 1 unspecified atom stereocenters. The van der Waals surface area contributed by atoms with Crippen LogP contribution >= 0.6 is 0 Å². The van der Waals surface area contributed by atoms with Gasteiger partial charge in [0, 0.05) is 11.1 Å².